The van der Waals surface area contributed by atoms with Crippen molar-refractivity contribution >= 4 is 11.0 Å². The smallest absolute Gasteiger partial charge is 0.139 e. The molecule has 1 fully saturated rings. The summed E-state index contributed by atoms with van der Waals surface area (Å²) in [5.41, 5.74) is 2.45. The average Bonchev–Trinajstić information content (AvgIpc) is 2.43. The molecular weight excluding hydrogens is 276 g/mol. The molecule has 0 aliphatic heterocycles. The van der Waals surface area contributed by atoms with E-state index in [9.17, 15) is 5.11 Å². The number of aliphatic hydroxyl groups is 1. The molecule has 1 saturated carbocycles. The van der Waals surface area contributed by atoms with Gasteiger partial charge in [0.05, 0.1) is 29.4 Å². The van der Waals surface area contributed by atoms with Gasteiger partial charge in [-0.3, -0.25) is 9.97 Å². The molecule has 1 aliphatic rings. The summed E-state index contributed by atoms with van der Waals surface area (Å²) in [5.74, 6) is 1.78. The van der Waals surface area contributed by atoms with Gasteiger partial charge in [-0.2, -0.15) is 0 Å². The van der Waals surface area contributed by atoms with E-state index < -0.39 is 5.60 Å². The fourth-order valence-corrected chi connectivity index (χ4v) is 3.07. The van der Waals surface area contributed by atoms with Crippen molar-refractivity contribution in [1.29, 1.82) is 0 Å². The van der Waals surface area contributed by atoms with Crippen molar-refractivity contribution in [1.82, 2.24) is 9.97 Å². The Morgan fingerprint density at radius 2 is 2.14 bits per heavy atom. The monoisotopic (exact) mass is 300 g/mol. The van der Waals surface area contributed by atoms with Crippen molar-refractivity contribution in [2.24, 2.45) is 5.92 Å². The number of nitrogens with zero attached hydrogens (tertiary/aromatic N) is 2. The van der Waals surface area contributed by atoms with E-state index in [4.69, 9.17) is 4.74 Å². The van der Waals surface area contributed by atoms with Crippen molar-refractivity contribution in [3.63, 3.8) is 0 Å². The molecule has 0 atom stereocenters. The Hall–Kier alpha value is -1.68. The van der Waals surface area contributed by atoms with Crippen LogP contribution in [0.5, 0.6) is 5.75 Å². The SMILES string of the molecule is CC(C)CCOc1cnc2c(c1)nccc2[C@H]1C[C@](C)(O)C1. The maximum Gasteiger partial charge on any atom is 0.139 e. The topological polar surface area (TPSA) is 55.2 Å². The second-order valence-corrected chi connectivity index (χ2v) is 7.07. The third-order valence-electron chi connectivity index (χ3n) is 4.36. The molecule has 4 nitrogen and oxygen atoms in total. The Morgan fingerprint density at radius 1 is 1.36 bits per heavy atom. The molecule has 1 N–H and O–H groups in total. The van der Waals surface area contributed by atoms with Gasteiger partial charge in [-0.1, -0.05) is 13.8 Å². The van der Waals surface area contributed by atoms with Crippen LogP contribution in [-0.4, -0.2) is 27.3 Å². The Bertz CT molecular complexity index is 659. The van der Waals surface area contributed by atoms with Crippen molar-refractivity contribution in [3.05, 3.63) is 30.1 Å². The highest BCUT2D eigenvalue weighted by Crippen LogP contribution is 2.45. The fourth-order valence-electron chi connectivity index (χ4n) is 3.07. The summed E-state index contributed by atoms with van der Waals surface area (Å²) in [7, 11) is 0. The van der Waals surface area contributed by atoms with Crippen LogP contribution < -0.4 is 4.74 Å². The number of hydrogen-bond donors (Lipinski definition) is 1. The number of hydrogen-bond acceptors (Lipinski definition) is 4. The van der Waals surface area contributed by atoms with E-state index >= 15 is 0 Å². The quantitative estimate of drug-likeness (QED) is 0.915. The van der Waals surface area contributed by atoms with Crippen molar-refractivity contribution in [3.8, 4) is 5.75 Å². The third-order valence-corrected chi connectivity index (χ3v) is 4.36. The summed E-state index contributed by atoms with van der Waals surface area (Å²) in [6.45, 7) is 6.96. The molecule has 0 saturated heterocycles. The van der Waals surface area contributed by atoms with E-state index in [-0.39, 0.29) is 0 Å². The van der Waals surface area contributed by atoms with Gasteiger partial charge in [0.1, 0.15) is 5.75 Å². The first-order valence-electron chi connectivity index (χ1n) is 8.04. The van der Waals surface area contributed by atoms with E-state index in [0.29, 0.717) is 18.4 Å². The summed E-state index contributed by atoms with van der Waals surface area (Å²) in [4.78, 5) is 8.98. The lowest BCUT2D eigenvalue weighted by Crippen LogP contribution is -2.39. The van der Waals surface area contributed by atoms with Crippen LogP contribution in [0.15, 0.2) is 24.5 Å². The van der Waals surface area contributed by atoms with Gasteiger partial charge >= 0.3 is 0 Å². The Morgan fingerprint density at radius 3 is 2.82 bits per heavy atom. The normalized spacial score (nSPS) is 24.5. The highest BCUT2D eigenvalue weighted by Gasteiger charge is 2.39. The van der Waals surface area contributed by atoms with Crippen molar-refractivity contribution < 1.29 is 9.84 Å². The maximum atomic E-state index is 9.95. The molecule has 1 aliphatic carbocycles. The van der Waals surface area contributed by atoms with Crippen LogP contribution in [0, 0.1) is 5.92 Å². The van der Waals surface area contributed by atoms with Crippen LogP contribution in [-0.2, 0) is 0 Å². The Kier molecular flexibility index (Phi) is 4.04. The molecule has 3 rings (SSSR count). The summed E-state index contributed by atoms with van der Waals surface area (Å²) < 4.78 is 5.76. The first-order chi connectivity index (χ1) is 10.4. The Labute approximate surface area is 131 Å². The van der Waals surface area contributed by atoms with Crippen LogP contribution in [0.4, 0.5) is 0 Å². The molecule has 22 heavy (non-hydrogen) atoms. The highest BCUT2D eigenvalue weighted by molar-refractivity contribution is 5.79. The number of fused-ring (bicyclic) bond motifs is 1. The van der Waals surface area contributed by atoms with Crippen LogP contribution in [0.1, 0.15) is 51.5 Å². The Balaban J connectivity index is 1.79. The van der Waals surface area contributed by atoms with Crippen molar-refractivity contribution in [2.75, 3.05) is 6.61 Å². The molecule has 0 spiro atoms. The number of rotatable bonds is 5. The van der Waals surface area contributed by atoms with E-state index in [1.807, 2.05) is 25.3 Å². The summed E-state index contributed by atoms with van der Waals surface area (Å²) >= 11 is 0. The van der Waals surface area contributed by atoms with Gasteiger partial charge in [0, 0.05) is 12.3 Å². The molecule has 0 bridgehead atoms. The van der Waals surface area contributed by atoms with E-state index in [1.54, 1.807) is 6.20 Å². The molecule has 0 amide bonds. The number of ether oxygens (including phenoxy) is 1. The van der Waals surface area contributed by atoms with Gasteiger partial charge in [-0.05, 0) is 49.7 Å². The van der Waals surface area contributed by atoms with Crippen LogP contribution in [0.3, 0.4) is 0 Å². The lowest BCUT2D eigenvalue weighted by atomic mass is 9.69. The molecule has 118 valence electrons. The van der Waals surface area contributed by atoms with Gasteiger partial charge in [-0.25, -0.2) is 0 Å². The summed E-state index contributed by atoms with van der Waals surface area (Å²) in [6.07, 6.45) is 6.22. The van der Waals surface area contributed by atoms with Crippen LogP contribution >= 0.6 is 0 Å². The molecule has 2 aromatic heterocycles. The van der Waals surface area contributed by atoms with Gasteiger partial charge in [0.15, 0.2) is 0 Å². The van der Waals surface area contributed by atoms with E-state index in [2.05, 4.69) is 23.8 Å². The second kappa shape index (κ2) is 5.84. The molecule has 0 unspecified atom stereocenters. The van der Waals surface area contributed by atoms with Gasteiger partial charge in [0.2, 0.25) is 0 Å². The minimum absolute atomic E-state index is 0.376. The second-order valence-electron chi connectivity index (χ2n) is 7.07. The largest absolute Gasteiger partial charge is 0.492 e. The van der Waals surface area contributed by atoms with E-state index in [1.165, 1.54) is 5.56 Å². The maximum absolute atomic E-state index is 9.95. The molecule has 2 heterocycles. The zero-order valence-electron chi connectivity index (χ0n) is 13.5. The number of pyridine rings is 2. The predicted molar refractivity (Wildman–Crippen MR) is 87.1 cm³/mol. The minimum Gasteiger partial charge on any atom is -0.492 e. The first-order valence-corrected chi connectivity index (χ1v) is 8.04. The van der Waals surface area contributed by atoms with Gasteiger partial charge < -0.3 is 9.84 Å². The lowest BCUT2D eigenvalue weighted by molar-refractivity contribution is -0.0310. The van der Waals surface area contributed by atoms with E-state index in [0.717, 1.165) is 36.0 Å². The fraction of sp³-hybridized carbons (Fsp3) is 0.556. The average molecular weight is 300 g/mol. The lowest BCUT2D eigenvalue weighted by Gasteiger charge is -2.41. The molecule has 0 radical (unpaired) electrons. The molecular formula is C18H24N2O2. The standard InChI is InChI=1S/C18H24N2O2/c1-12(2)5-7-22-14-8-16-17(20-11-14)15(4-6-19-16)13-9-18(3,21)10-13/h4,6,8,11-13,21H,5,7,9-10H2,1-3H3/t13-,18-. The third kappa shape index (κ3) is 3.22. The van der Waals surface area contributed by atoms with Crippen molar-refractivity contribution in [2.45, 2.75) is 51.6 Å². The van der Waals surface area contributed by atoms with Crippen LogP contribution in [0.25, 0.3) is 11.0 Å². The zero-order valence-corrected chi connectivity index (χ0v) is 13.5. The molecule has 2 aromatic rings. The zero-order chi connectivity index (χ0) is 15.7. The molecule has 4 heteroatoms. The van der Waals surface area contributed by atoms with Gasteiger partial charge in [-0.15, -0.1) is 0 Å². The minimum atomic E-state index is -0.528. The number of aromatic nitrogens is 2. The molecule has 0 aromatic carbocycles. The van der Waals surface area contributed by atoms with Gasteiger partial charge in [0.25, 0.3) is 0 Å². The summed E-state index contributed by atoms with van der Waals surface area (Å²) in [6, 6.07) is 3.98. The van der Waals surface area contributed by atoms with Crippen LogP contribution in [0.2, 0.25) is 0 Å². The first kappa shape index (κ1) is 15.2. The summed E-state index contributed by atoms with van der Waals surface area (Å²) in [5, 5.41) is 9.95. The predicted octanol–water partition coefficient (Wildman–Crippen LogP) is 3.68. The highest BCUT2D eigenvalue weighted by atomic mass is 16.5.